The largest absolute Gasteiger partial charge is 0.349 e. The molecule has 1 fully saturated rings. The molecule has 0 bridgehead atoms. The minimum absolute atomic E-state index is 0.0766. The molecule has 1 aliphatic heterocycles. The first-order valence-corrected chi connectivity index (χ1v) is 10.5. The lowest BCUT2D eigenvalue weighted by atomic mass is 10.0. The van der Waals surface area contributed by atoms with Crippen molar-refractivity contribution in [1.29, 1.82) is 0 Å². The molecule has 30 heavy (non-hydrogen) atoms. The summed E-state index contributed by atoms with van der Waals surface area (Å²) in [6, 6.07) is 16.4. The van der Waals surface area contributed by atoms with E-state index in [9.17, 15) is 4.79 Å². The molecule has 0 aliphatic carbocycles. The van der Waals surface area contributed by atoms with Gasteiger partial charge in [-0.05, 0) is 55.3 Å². The van der Waals surface area contributed by atoms with Crippen molar-refractivity contribution in [2.45, 2.75) is 18.9 Å². The number of benzene rings is 2. The molecule has 2 N–H and O–H groups in total. The predicted octanol–water partition coefficient (Wildman–Crippen LogP) is 4.93. The van der Waals surface area contributed by atoms with Gasteiger partial charge in [-0.2, -0.15) is 4.98 Å². The third-order valence-corrected chi connectivity index (χ3v) is 5.58. The number of hydrogen-bond acceptors (Lipinski definition) is 5. The molecule has 0 unspecified atom stereocenters. The van der Waals surface area contributed by atoms with Crippen molar-refractivity contribution in [2.75, 3.05) is 23.3 Å². The minimum atomic E-state index is -0.0766. The van der Waals surface area contributed by atoms with Gasteiger partial charge >= 0.3 is 0 Å². The van der Waals surface area contributed by atoms with Gasteiger partial charge in [0, 0.05) is 35.9 Å². The van der Waals surface area contributed by atoms with Crippen molar-refractivity contribution in [2.24, 2.45) is 0 Å². The zero-order valence-electron chi connectivity index (χ0n) is 16.2. The number of nitrogens with one attached hydrogen (secondary N) is 2. The number of carbonyl (C=O) groups excluding carboxylic acids is 1. The topological polar surface area (TPSA) is 70.2 Å². The van der Waals surface area contributed by atoms with Gasteiger partial charge in [0.05, 0.1) is 10.7 Å². The molecule has 1 amide bonds. The van der Waals surface area contributed by atoms with Gasteiger partial charge in [-0.25, -0.2) is 4.98 Å². The summed E-state index contributed by atoms with van der Waals surface area (Å²) in [6.45, 7) is 1.53. The van der Waals surface area contributed by atoms with Gasteiger partial charge in [-0.1, -0.05) is 35.3 Å². The Balaban J connectivity index is 1.34. The van der Waals surface area contributed by atoms with Gasteiger partial charge in [-0.15, -0.1) is 0 Å². The van der Waals surface area contributed by atoms with Gasteiger partial charge in [0.15, 0.2) is 0 Å². The van der Waals surface area contributed by atoms with E-state index in [2.05, 4.69) is 25.5 Å². The van der Waals surface area contributed by atoms with Crippen LogP contribution in [-0.4, -0.2) is 35.0 Å². The van der Waals surface area contributed by atoms with Crippen molar-refractivity contribution in [3.05, 3.63) is 76.4 Å². The Morgan fingerprint density at radius 1 is 1.00 bits per heavy atom. The number of piperidine rings is 1. The second-order valence-corrected chi connectivity index (χ2v) is 7.93. The van der Waals surface area contributed by atoms with Crippen molar-refractivity contribution in [1.82, 2.24) is 15.3 Å². The fourth-order valence-corrected chi connectivity index (χ4v) is 3.67. The monoisotopic (exact) mass is 441 g/mol. The molecule has 4 rings (SSSR count). The second-order valence-electron chi connectivity index (χ2n) is 7.09. The quantitative estimate of drug-likeness (QED) is 0.587. The lowest BCUT2D eigenvalue weighted by Crippen LogP contribution is -2.45. The van der Waals surface area contributed by atoms with Gasteiger partial charge < -0.3 is 15.5 Å². The number of amides is 1. The second kappa shape index (κ2) is 9.32. The van der Waals surface area contributed by atoms with E-state index in [0.29, 0.717) is 27.4 Å². The summed E-state index contributed by atoms with van der Waals surface area (Å²) in [5, 5.41) is 7.58. The number of hydrogen-bond donors (Lipinski definition) is 2. The van der Waals surface area contributed by atoms with Crippen LogP contribution < -0.4 is 15.5 Å². The van der Waals surface area contributed by atoms with Crippen LogP contribution in [0.3, 0.4) is 0 Å². The highest BCUT2D eigenvalue weighted by atomic mass is 35.5. The lowest BCUT2D eigenvalue weighted by molar-refractivity contribution is 0.0931. The van der Waals surface area contributed by atoms with E-state index in [-0.39, 0.29) is 11.9 Å². The standard InChI is InChI=1S/C22H21Cl2N5O/c23-16-7-5-15(6-8-16)21(30)26-17-10-13-29(14-11-17)22-25-12-9-20(28-22)27-19-4-2-1-3-18(19)24/h1-9,12,17H,10-11,13-14H2,(H,26,30)(H,25,27,28). The predicted molar refractivity (Wildman–Crippen MR) is 121 cm³/mol. The Labute approximate surface area is 185 Å². The summed E-state index contributed by atoms with van der Waals surface area (Å²) in [5.41, 5.74) is 1.41. The van der Waals surface area contributed by atoms with Crippen LogP contribution in [0.25, 0.3) is 0 Å². The molecule has 1 saturated heterocycles. The number of halogens is 2. The highest BCUT2D eigenvalue weighted by Gasteiger charge is 2.23. The van der Waals surface area contributed by atoms with E-state index in [4.69, 9.17) is 23.2 Å². The van der Waals surface area contributed by atoms with Crippen LogP contribution in [0.4, 0.5) is 17.5 Å². The van der Waals surface area contributed by atoms with Crippen molar-refractivity contribution in [3.8, 4) is 0 Å². The zero-order valence-corrected chi connectivity index (χ0v) is 17.7. The van der Waals surface area contributed by atoms with Crippen molar-refractivity contribution in [3.63, 3.8) is 0 Å². The Hall–Kier alpha value is -2.83. The molecule has 8 heteroatoms. The Bertz CT molecular complexity index is 1020. The maximum absolute atomic E-state index is 12.4. The number of carbonyl (C=O) groups is 1. The van der Waals surface area contributed by atoms with E-state index in [1.807, 2.05) is 30.3 Å². The van der Waals surface area contributed by atoms with Gasteiger partial charge in [0.1, 0.15) is 5.82 Å². The van der Waals surface area contributed by atoms with Crippen LogP contribution in [0.5, 0.6) is 0 Å². The van der Waals surface area contributed by atoms with Crippen LogP contribution in [0.1, 0.15) is 23.2 Å². The third kappa shape index (κ3) is 5.01. The Morgan fingerprint density at radius 2 is 1.73 bits per heavy atom. The molecule has 0 spiro atoms. The summed E-state index contributed by atoms with van der Waals surface area (Å²) in [7, 11) is 0. The number of anilines is 3. The molecule has 1 aromatic heterocycles. The molecule has 2 heterocycles. The molecule has 0 radical (unpaired) electrons. The average Bonchev–Trinajstić information content (AvgIpc) is 2.76. The first-order chi connectivity index (χ1) is 14.6. The first-order valence-electron chi connectivity index (χ1n) is 9.74. The average molecular weight is 442 g/mol. The van der Waals surface area contributed by atoms with Crippen molar-refractivity contribution >= 4 is 46.6 Å². The SMILES string of the molecule is O=C(NC1CCN(c2nccc(Nc3ccccc3Cl)n2)CC1)c1ccc(Cl)cc1. The van der Waals surface area contributed by atoms with Gasteiger partial charge in [-0.3, -0.25) is 4.79 Å². The molecular formula is C22H21Cl2N5O. The van der Waals surface area contributed by atoms with Crippen LogP contribution in [-0.2, 0) is 0 Å². The summed E-state index contributed by atoms with van der Waals surface area (Å²) >= 11 is 12.1. The minimum Gasteiger partial charge on any atom is -0.349 e. The normalized spacial score (nSPS) is 14.4. The van der Waals surface area contributed by atoms with Gasteiger partial charge in [0.25, 0.3) is 5.91 Å². The molecule has 0 saturated carbocycles. The summed E-state index contributed by atoms with van der Waals surface area (Å²) in [5.74, 6) is 1.27. The van der Waals surface area contributed by atoms with E-state index in [0.717, 1.165) is 31.6 Å². The summed E-state index contributed by atoms with van der Waals surface area (Å²) < 4.78 is 0. The van der Waals surface area contributed by atoms with Crippen LogP contribution in [0.15, 0.2) is 60.8 Å². The highest BCUT2D eigenvalue weighted by Crippen LogP contribution is 2.25. The molecule has 1 aliphatic rings. The van der Waals surface area contributed by atoms with Crippen molar-refractivity contribution < 1.29 is 4.79 Å². The number of rotatable bonds is 5. The zero-order chi connectivity index (χ0) is 20.9. The molecule has 6 nitrogen and oxygen atoms in total. The van der Waals surface area contributed by atoms with E-state index in [1.165, 1.54) is 0 Å². The van der Waals surface area contributed by atoms with E-state index >= 15 is 0 Å². The van der Waals surface area contributed by atoms with Crippen LogP contribution >= 0.6 is 23.2 Å². The third-order valence-electron chi connectivity index (χ3n) is 5.00. The number of aromatic nitrogens is 2. The summed E-state index contributed by atoms with van der Waals surface area (Å²) in [6.07, 6.45) is 3.38. The molecule has 2 aromatic carbocycles. The first kappa shape index (κ1) is 20.4. The Morgan fingerprint density at radius 3 is 2.47 bits per heavy atom. The molecule has 0 atom stereocenters. The maximum atomic E-state index is 12.4. The van der Waals surface area contributed by atoms with Gasteiger partial charge in [0.2, 0.25) is 5.95 Å². The fraction of sp³-hybridized carbons (Fsp3) is 0.227. The smallest absolute Gasteiger partial charge is 0.251 e. The number of para-hydroxylation sites is 1. The van der Waals surface area contributed by atoms with Crippen LogP contribution in [0.2, 0.25) is 10.0 Å². The maximum Gasteiger partial charge on any atom is 0.251 e. The lowest BCUT2D eigenvalue weighted by Gasteiger charge is -2.32. The number of nitrogens with zero attached hydrogens (tertiary/aromatic N) is 3. The van der Waals surface area contributed by atoms with E-state index in [1.54, 1.807) is 30.5 Å². The summed E-state index contributed by atoms with van der Waals surface area (Å²) in [4.78, 5) is 23.6. The molecular weight excluding hydrogens is 421 g/mol. The fourth-order valence-electron chi connectivity index (χ4n) is 3.36. The Kier molecular flexibility index (Phi) is 6.35. The van der Waals surface area contributed by atoms with E-state index < -0.39 is 0 Å². The highest BCUT2D eigenvalue weighted by molar-refractivity contribution is 6.33. The van der Waals surface area contributed by atoms with Crippen LogP contribution in [0, 0.1) is 0 Å². The molecule has 154 valence electrons. The molecule has 3 aromatic rings.